The number of aliphatic hydroxyl groups is 1. The number of rotatable bonds is 7. The summed E-state index contributed by atoms with van der Waals surface area (Å²) in [5.41, 5.74) is 0. The topological polar surface area (TPSA) is 66.2 Å². The third-order valence-corrected chi connectivity index (χ3v) is 4.99. The number of β-amino-alcohol motifs (C(OH)–C–C–N with tert-alkyl or cyclic N) is 1. The van der Waals surface area contributed by atoms with E-state index < -0.39 is 6.10 Å². The van der Waals surface area contributed by atoms with Gasteiger partial charge in [-0.25, -0.2) is 0 Å². The normalized spacial score (nSPS) is 21.3. The Kier molecular flexibility index (Phi) is 6.29. The van der Waals surface area contributed by atoms with Crippen LogP contribution in [0.25, 0.3) is 0 Å². The first-order chi connectivity index (χ1) is 11.7. The van der Waals surface area contributed by atoms with Crippen molar-refractivity contribution in [3.63, 3.8) is 0 Å². The van der Waals surface area contributed by atoms with Crippen molar-refractivity contribution in [2.24, 2.45) is 5.92 Å². The number of aliphatic hydroxyl groups excluding tert-OH is 1. The molecule has 2 heterocycles. The van der Waals surface area contributed by atoms with E-state index in [0.717, 1.165) is 44.8 Å². The molecule has 134 valence electrons. The molecule has 1 saturated heterocycles. The quantitative estimate of drug-likeness (QED) is 0.817. The van der Waals surface area contributed by atoms with Gasteiger partial charge in [0.2, 0.25) is 5.91 Å². The number of ether oxygens (including phenoxy) is 1. The molecule has 1 saturated carbocycles. The van der Waals surface area contributed by atoms with E-state index in [-0.39, 0.29) is 5.92 Å². The maximum absolute atomic E-state index is 12.4. The first-order valence-electron chi connectivity index (χ1n) is 9.01. The lowest BCUT2D eigenvalue weighted by Gasteiger charge is -2.36. The van der Waals surface area contributed by atoms with Gasteiger partial charge in [0.1, 0.15) is 12.4 Å². The lowest BCUT2D eigenvalue weighted by atomic mass is 10.1. The van der Waals surface area contributed by atoms with Crippen LogP contribution in [0.4, 0.5) is 0 Å². The molecule has 1 aliphatic carbocycles. The van der Waals surface area contributed by atoms with Crippen molar-refractivity contribution >= 4 is 5.91 Å². The van der Waals surface area contributed by atoms with Gasteiger partial charge in [-0.2, -0.15) is 0 Å². The number of amides is 1. The van der Waals surface area contributed by atoms with Gasteiger partial charge in [0, 0.05) is 38.6 Å². The number of carbonyl (C=O) groups excluding carboxylic acids is 1. The van der Waals surface area contributed by atoms with Crippen LogP contribution in [-0.2, 0) is 16.1 Å². The largest absolute Gasteiger partial charge is 0.467 e. The summed E-state index contributed by atoms with van der Waals surface area (Å²) in [5.74, 6) is 1.37. The van der Waals surface area contributed by atoms with Gasteiger partial charge in [0.05, 0.1) is 19.0 Å². The van der Waals surface area contributed by atoms with Gasteiger partial charge in [0.15, 0.2) is 0 Å². The highest BCUT2D eigenvalue weighted by Crippen LogP contribution is 2.26. The lowest BCUT2D eigenvalue weighted by Crippen LogP contribution is -2.51. The highest BCUT2D eigenvalue weighted by atomic mass is 16.5. The lowest BCUT2D eigenvalue weighted by molar-refractivity contribution is -0.137. The van der Waals surface area contributed by atoms with Crippen molar-refractivity contribution in [3.05, 3.63) is 24.2 Å². The van der Waals surface area contributed by atoms with Crippen molar-refractivity contribution in [1.29, 1.82) is 0 Å². The molecule has 0 radical (unpaired) electrons. The van der Waals surface area contributed by atoms with Crippen LogP contribution in [0.1, 0.15) is 31.4 Å². The standard InChI is InChI=1S/C18H28N2O4/c21-16(13-23-14-17-6-3-11-24-17)12-19-7-9-20(10-8-19)18(22)15-4-1-2-5-15/h3,6,11,15-16,21H,1-2,4-5,7-10,12-14H2. The van der Waals surface area contributed by atoms with Crippen molar-refractivity contribution in [2.75, 3.05) is 39.3 Å². The van der Waals surface area contributed by atoms with Crippen molar-refractivity contribution in [2.45, 2.75) is 38.4 Å². The third-order valence-electron chi connectivity index (χ3n) is 4.99. The zero-order valence-electron chi connectivity index (χ0n) is 14.2. The van der Waals surface area contributed by atoms with E-state index in [9.17, 15) is 9.90 Å². The van der Waals surface area contributed by atoms with Gasteiger partial charge in [-0.3, -0.25) is 9.69 Å². The molecular weight excluding hydrogens is 308 g/mol. The van der Waals surface area contributed by atoms with Gasteiger partial charge < -0.3 is 19.2 Å². The summed E-state index contributed by atoms with van der Waals surface area (Å²) in [6.45, 7) is 4.46. The number of hydrogen-bond acceptors (Lipinski definition) is 5. The second kappa shape index (κ2) is 8.65. The summed E-state index contributed by atoms with van der Waals surface area (Å²) in [7, 11) is 0. The molecule has 0 bridgehead atoms. The van der Waals surface area contributed by atoms with E-state index in [1.165, 1.54) is 12.8 Å². The predicted molar refractivity (Wildman–Crippen MR) is 89.3 cm³/mol. The van der Waals surface area contributed by atoms with Crippen LogP contribution < -0.4 is 0 Å². The van der Waals surface area contributed by atoms with E-state index in [2.05, 4.69) is 4.90 Å². The summed E-state index contributed by atoms with van der Waals surface area (Å²) >= 11 is 0. The molecule has 0 spiro atoms. The van der Waals surface area contributed by atoms with E-state index in [1.54, 1.807) is 6.26 Å². The Morgan fingerprint density at radius 3 is 2.71 bits per heavy atom. The second-order valence-electron chi connectivity index (χ2n) is 6.86. The fourth-order valence-corrected chi connectivity index (χ4v) is 3.62. The van der Waals surface area contributed by atoms with E-state index in [1.807, 2.05) is 17.0 Å². The Labute approximate surface area is 143 Å². The molecule has 2 fully saturated rings. The molecular formula is C18H28N2O4. The van der Waals surface area contributed by atoms with Crippen LogP contribution in [0, 0.1) is 5.92 Å². The zero-order chi connectivity index (χ0) is 16.8. The SMILES string of the molecule is O=C(C1CCCC1)N1CCN(CC(O)COCc2ccco2)CC1. The number of piperazine rings is 1. The third kappa shape index (κ3) is 4.82. The first kappa shape index (κ1) is 17.5. The number of hydrogen-bond donors (Lipinski definition) is 1. The summed E-state index contributed by atoms with van der Waals surface area (Å²) < 4.78 is 10.7. The van der Waals surface area contributed by atoms with Gasteiger partial charge in [-0.15, -0.1) is 0 Å². The van der Waals surface area contributed by atoms with Gasteiger partial charge in [0.25, 0.3) is 0 Å². The fraction of sp³-hybridized carbons (Fsp3) is 0.722. The Morgan fingerprint density at radius 1 is 1.29 bits per heavy atom. The second-order valence-corrected chi connectivity index (χ2v) is 6.86. The average Bonchev–Trinajstić information content (AvgIpc) is 3.29. The van der Waals surface area contributed by atoms with Gasteiger partial charge in [-0.1, -0.05) is 12.8 Å². The van der Waals surface area contributed by atoms with Crippen LogP contribution in [0.15, 0.2) is 22.8 Å². The van der Waals surface area contributed by atoms with Gasteiger partial charge >= 0.3 is 0 Å². The number of carbonyl (C=O) groups is 1. The van der Waals surface area contributed by atoms with E-state index in [0.29, 0.717) is 25.7 Å². The van der Waals surface area contributed by atoms with Crippen molar-refractivity contribution in [1.82, 2.24) is 9.80 Å². The molecule has 1 amide bonds. The molecule has 2 aliphatic rings. The smallest absolute Gasteiger partial charge is 0.225 e. The van der Waals surface area contributed by atoms with Crippen LogP contribution in [0.5, 0.6) is 0 Å². The van der Waals surface area contributed by atoms with Crippen LogP contribution in [0.2, 0.25) is 0 Å². The van der Waals surface area contributed by atoms with E-state index >= 15 is 0 Å². The fourth-order valence-electron chi connectivity index (χ4n) is 3.62. The summed E-state index contributed by atoms with van der Waals surface area (Å²) in [6.07, 6.45) is 5.61. The maximum Gasteiger partial charge on any atom is 0.225 e. The minimum Gasteiger partial charge on any atom is -0.467 e. The molecule has 3 rings (SSSR count). The molecule has 1 aromatic rings. The molecule has 1 N–H and O–H groups in total. The Hall–Kier alpha value is -1.37. The maximum atomic E-state index is 12.4. The average molecular weight is 336 g/mol. The van der Waals surface area contributed by atoms with Crippen LogP contribution >= 0.6 is 0 Å². The number of nitrogens with zero attached hydrogens (tertiary/aromatic N) is 2. The first-order valence-corrected chi connectivity index (χ1v) is 9.01. The molecule has 1 unspecified atom stereocenters. The highest BCUT2D eigenvalue weighted by Gasteiger charge is 2.29. The Balaban J connectivity index is 1.32. The van der Waals surface area contributed by atoms with Crippen LogP contribution in [0.3, 0.4) is 0 Å². The molecule has 0 aromatic carbocycles. The van der Waals surface area contributed by atoms with Crippen molar-refractivity contribution in [3.8, 4) is 0 Å². The molecule has 24 heavy (non-hydrogen) atoms. The minimum atomic E-state index is -0.517. The van der Waals surface area contributed by atoms with E-state index in [4.69, 9.17) is 9.15 Å². The van der Waals surface area contributed by atoms with Gasteiger partial charge in [-0.05, 0) is 25.0 Å². The molecule has 1 aliphatic heterocycles. The molecule has 1 atom stereocenters. The highest BCUT2D eigenvalue weighted by molar-refractivity contribution is 5.79. The zero-order valence-corrected chi connectivity index (χ0v) is 14.2. The molecule has 6 heteroatoms. The predicted octanol–water partition coefficient (Wildman–Crippen LogP) is 1.49. The Bertz CT molecular complexity index is 491. The number of furan rings is 1. The summed E-state index contributed by atoms with van der Waals surface area (Å²) in [6, 6.07) is 3.68. The van der Waals surface area contributed by atoms with Crippen LogP contribution in [-0.4, -0.2) is 66.2 Å². The Morgan fingerprint density at radius 2 is 2.04 bits per heavy atom. The summed E-state index contributed by atoms with van der Waals surface area (Å²) in [4.78, 5) is 16.6. The minimum absolute atomic E-state index is 0.261. The molecule has 6 nitrogen and oxygen atoms in total. The summed E-state index contributed by atoms with van der Waals surface area (Å²) in [5, 5.41) is 10.1. The monoisotopic (exact) mass is 336 g/mol. The molecule has 1 aromatic heterocycles. The van der Waals surface area contributed by atoms with Crippen molar-refractivity contribution < 1.29 is 19.1 Å².